The molecule has 1 saturated heterocycles. The second kappa shape index (κ2) is 2.58. The predicted octanol–water partition coefficient (Wildman–Crippen LogP) is 1.16. The van der Waals surface area contributed by atoms with Gasteiger partial charge in [-0.25, -0.2) is 4.39 Å². The molecule has 11 heavy (non-hydrogen) atoms. The first-order valence-corrected chi connectivity index (χ1v) is 3.55. The van der Waals surface area contributed by atoms with E-state index in [0.29, 0.717) is 6.10 Å². The molecule has 3 heteroatoms. The van der Waals surface area contributed by atoms with Crippen LogP contribution in [0.15, 0.2) is 18.5 Å². The summed E-state index contributed by atoms with van der Waals surface area (Å²) in [6.07, 6.45) is 3.96. The summed E-state index contributed by atoms with van der Waals surface area (Å²) in [5, 5.41) is 0. The first kappa shape index (κ1) is 6.73. The second-order valence-electron chi connectivity index (χ2n) is 2.67. The highest BCUT2D eigenvalue weighted by atomic mass is 19.1. The van der Waals surface area contributed by atoms with Crippen LogP contribution in [-0.2, 0) is 11.2 Å². The van der Waals surface area contributed by atoms with Crippen molar-refractivity contribution < 1.29 is 9.13 Å². The molecule has 0 amide bonds. The van der Waals surface area contributed by atoms with Crippen LogP contribution in [0.4, 0.5) is 4.39 Å². The van der Waals surface area contributed by atoms with Gasteiger partial charge >= 0.3 is 0 Å². The van der Waals surface area contributed by atoms with Gasteiger partial charge in [-0.3, -0.25) is 4.98 Å². The van der Waals surface area contributed by atoms with Crippen LogP contribution >= 0.6 is 0 Å². The van der Waals surface area contributed by atoms with E-state index in [9.17, 15) is 4.39 Å². The Hall–Kier alpha value is -0.960. The smallest absolute Gasteiger partial charge is 0.141 e. The minimum absolute atomic E-state index is 0.275. The van der Waals surface area contributed by atoms with Crippen LogP contribution in [0.1, 0.15) is 5.56 Å². The van der Waals surface area contributed by atoms with E-state index >= 15 is 0 Å². The quantitative estimate of drug-likeness (QED) is 0.596. The number of pyridine rings is 1. The maximum atomic E-state index is 12.5. The van der Waals surface area contributed by atoms with Crippen molar-refractivity contribution in [3.8, 4) is 0 Å². The van der Waals surface area contributed by atoms with Gasteiger partial charge < -0.3 is 4.74 Å². The monoisotopic (exact) mass is 153 g/mol. The van der Waals surface area contributed by atoms with Crippen molar-refractivity contribution in [1.29, 1.82) is 0 Å². The van der Waals surface area contributed by atoms with Crippen LogP contribution in [0.25, 0.3) is 0 Å². The Morgan fingerprint density at radius 3 is 3.09 bits per heavy atom. The summed E-state index contributed by atoms with van der Waals surface area (Å²) in [6, 6.07) is 1.49. The van der Waals surface area contributed by atoms with E-state index in [-0.39, 0.29) is 5.82 Å². The van der Waals surface area contributed by atoms with Gasteiger partial charge in [0, 0.05) is 12.6 Å². The molecule has 1 atom stereocenters. The van der Waals surface area contributed by atoms with E-state index in [4.69, 9.17) is 4.74 Å². The van der Waals surface area contributed by atoms with E-state index in [1.165, 1.54) is 12.3 Å². The highest BCUT2D eigenvalue weighted by molar-refractivity contribution is 5.12. The molecular weight excluding hydrogens is 145 g/mol. The van der Waals surface area contributed by atoms with Crippen molar-refractivity contribution in [2.45, 2.75) is 12.5 Å². The van der Waals surface area contributed by atoms with Crippen molar-refractivity contribution in [3.63, 3.8) is 0 Å². The minimum Gasteiger partial charge on any atom is -0.373 e. The first-order chi connectivity index (χ1) is 5.34. The van der Waals surface area contributed by atoms with Crippen molar-refractivity contribution in [3.05, 3.63) is 29.8 Å². The summed E-state index contributed by atoms with van der Waals surface area (Å²) < 4.78 is 17.5. The molecule has 1 unspecified atom stereocenters. The average Bonchev–Trinajstić information content (AvgIpc) is 2.71. The number of nitrogens with zero attached hydrogens (tertiary/aromatic N) is 1. The van der Waals surface area contributed by atoms with E-state index in [0.717, 1.165) is 18.6 Å². The number of hydrogen-bond donors (Lipinski definition) is 0. The van der Waals surface area contributed by atoms with Crippen LogP contribution in [0.5, 0.6) is 0 Å². The zero-order chi connectivity index (χ0) is 7.68. The number of hydrogen-bond acceptors (Lipinski definition) is 2. The molecule has 0 saturated carbocycles. The van der Waals surface area contributed by atoms with Crippen LogP contribution in [0.3, 0.4) is 0 Å². The zero-order valence-corrected chi connectivity index (χ0v) is 5.96. The van der Waals surface area contributed by atoms with Gasteiger partial charge in [0.25, 0.3) is 0 Å². The van der Waals surface area contributed by atoms with Gasteiger partial charge in [0.2, 0.25) is 0 Å². The highest BCUT2D eigenvalue weighted by Gasteiger charge is 2.22. The summed E-state index contributed by atoms with van der Waals surface area (Å²) in [6.45, 7) is 0.802. The number of rotatable bonds is 2. The van der Waals surface area contributed by atoms with E-state index in [1.54, 1.807) is 6.20 Å². The third-order valence-electron chi connectivity index (χ3n) is 1.63. The molecule has 0 bridgehead atoms. The normalized spacial score (nSPS) is 21.7. The molecule has 1 fully saturated rings. The fraction of sp³-hybridized carbons (Fsp3) is 0.375. The molecule has 58 valence electrons. The lowest BCUT2D eigenvalue weighted by molar-refractivity contribution is 0.407. The molecule has 0 aliphatic carbocycles. The molecule has 1 aliphatic heterocycles. The van der Waals surface area contributed by atoms with E-state index in [1.807, 2.05) is 0 Å². The van der Waals surface area contributed by atoms with Crippen molar-refractivity contribution in [2.75, 3.05) is 6.61 Å². The Kier molecular flexibility index (Phi) is 1.58. The molecule has 0 N–H and O–H groups in total. The number of ether oxygens (including phenoxy) is 1. The van der Waals surface area contributed by atoms with E-state index < -0.39 is 0 Å². The molecule has 1 aliphatic rings. The lowest BCUT2D eigenvalue weighted by Crippen LogP contribution is -1.94. The van der Waals surface area contributed by atoms with Crippen LogP contribution < -0.4 is 0 Å². The molecule has 0 radical (unpaired) electrons. The summed E-state index contributed by atoms with van der Waals surface area (Å²) in [5.74, 6) is -0.275. The van der Waals surface area contributed by atoms with E-state index in [2.05, 4.69) is 4.98 Å². The Bertz CT molecular complexity index is 260. The lowest BCUT2D eigenvalue weighted by atomic mass is 10.2. The third kappa shape index (κ3) is 1.74. The topological polar surface area (TPSA) is 25.4 Å². The third-order valence-corrected chi connectivity index (χ3v) is 1.63. The summed E-state index contributed by atoms with van der Waals surface area (Å²) in [7, 11) is 0. The van der Waals surface area contributed by atoms with Crippen LogP contribution in [0.2, 0.25) is 0 Å². The van der Waals surface area contributed by atoms with Crippen molar-refractivity contribution in [2.24, 2.45) is 0 Å². The van der Waals surface area contributed by atoms with Gasteiger partial charge in [0.15, 0.2) is 0 Å². The molecule has 2 rings (SSSR count). The first-order valence-electron chi connectivity index (χ1n) is 3.55. The Balaban J connectivity index is 2.10. The minimum atomic E-state index is -0.275. The standard InChI is InChI=1S/C8H8FNO/c9-7-1-6(3-10-4-7)2-8-5-11-8/h1,3-4,8H,2,5H2. The number of aromatic nitrogens is 1. The fourth-order valence-electron chi connectivity index (χ4n) is 1.02. The molecule has 0 spiro atoms. The summed E-state index contributed by atoms with van der Waals surface area (Å²) in [4.78, 5) is 3.73. The highest BCUT2D eigenvalue weighted by Crippen LogP contribution is 2.15. The molecule has 1 aromatic heterocycles. The average molecular weight is 153 g/mol. The van der Waals surface area contributed by atoms with Crippen LogP contribution in [-0.4, -0.2) is 17.7 Å². The Labute approximate surface area is 64.0 Å². The summed E-state index contributed by atoms with van der Waals surface area (Å²) in [5.41, 5.74) is 0.910. The van der Waals surface area contributed by atoms with Crippen molar-refractivity contribution >= 4 is 0 Å². The maximum Gasteiger partial charge on any atom is 0.141 e. The maximum absolute atomic E-state index is 12.5. The largest absolute Gasteiger partial charge is 0.373 e. The molecular formula is C8H8FNO. The van der Waals surface area contributed by atoms with Gasteiger partial charge in [0.05, 0.1) is 18.9 Å². The van der Waals surface area contributed by atoms with Gasteiger partial charge in [0.1, 0.15) is 5.82 Å². The Morgan fingerprint density at radius 2 is 2.45 bits per heavy atom. The summed E-state index contributed by atoms with van der Waals surface area (Å²) >= 11 is 0. The van der Waals surface area contributed by atoms with Gasteiger partial charge in [-0.1, -0.05) is 0 Å². The van der Waals surface area contributed by atoms with Gasteiger partial charge in [-0.2, -0.15) is 0 Å². The molecule has 2 heterocycles. The fourth-order valence-corrected chi connectivity index (χ4v) is 1.02. The van der Waals surface area contributed by atoms with Gasteiger partial charge in [-0.05, 0) is 11.6 Å². The van der Waals surface area contributed by atoms with Gasteiger partial charge in [-0.15, -0.1) is 0 Å². The molecule has 2 nitrogen and oxygen atoms in total. The number of halogens is 1. The molecule has 1 aromatic rings. The lowest BCUT2D eigenvalue weighted by Gasteiger charge is -1.95. The molecule has 0 aromatic carbocycles. The zero-order valence-electron chi connectivity index (χ0n) is 5.96. The SMILES string of the molecule is Fc1cncc(CC2CO2)c1. The van der Waals surface area contributed by atoms with Crippen molar-refractivity contribution in [1.82, 2.24) is 4.98 Å². The number of epoxide rings is 1. The Morgan fingerprint density at radius 1 is 1.64 bits per heavy atom. The second-order valence-corrected chi connectivity index (χ2v) is 2.67. The van der Waals surface area contributed by atoms with Crippen LogP contribution in [0, 0.1) is 5.82 Å². The predicted molar refractivity (Wildman–Crippen MR) is 37.6 cm³/mol.